The summed E-state index contributed by atoms with van der Waals surface area (Å²) in [6, 6.07) is 14.2. The summed E-state index contributed by atoms with van der Waals surface area (Å²) in [4.78, 5) is 13.7. The first kappa shape index (κ1) is 30.5. The fraction of sp³-hybridized carbons (Fsp3) is 0.421. The van der Waals surface area contributed by atoms with Gasteiger partial charge in [0, 0.05) is 35.0 Å². The van der Waals surface area contributed by atoms with E-state index in [-0.39, 0.29) is 22.2 Å². The third kappa shape index (κ3) is 2.51. The molecule has 9 unspecified atom stereocenters. The molecular formula is C57H44O2S. The molecule has 1 aromatic heterocycles. The zero-order chi connectivity index (χ0) is 38.1. The summed E-state index contributed by atoms with van der Waals surface area (Å²) in [5, 5.41) is 22.1. The first-order valence-electron chi connectivity index (χ1n) is 24.1. The lowest BCUT2D eigenvalue weighted by Crippen LogP contribution is -2.31. The van der Waals surface area contributed by atoms with Gasteiger partial charge in [0.05, 0.1) is 6.61 Å². The number of benzene rings is 5. The van der Waals surface area contributed by atoms with Crippen LogP contribution >= 0.6 is 11.3 Å². The van der Waals surface area contributed by atoms with E-state index in [1.807, 2.05) is 61.2 Å². The van der Waals surface area contributed by atoms with Crippen LogP contribution in [-0.4, -0.2) is 12.6 Å². The van der Waals surface area contributed by atoms with Gasteiger partial charge in [0.15, 0.2) is 0 Å². The maximum Gasteiger partial charge on any atom is 0.305 e. The third-order valence-electron chi connectivity index (χ3n) is 21.4. The SMILES string of the molecule is O=C(CCCC1(c2ccccc2)C23C4=C5CCC12C1CCC2c6c1c3c1c3c4c4c7c8c9c%10c(c%11c%12c(c6c1c(c%10%12)c83)C2CC%11)CCC9C7CCC54)OCCc1ccsc1. The Kier molecular flexibility index (Phi) is 4.60. The Morgan fingerprint density at radius 2 is 1.40 bits per heavy atom. The molecule has 0 bridgehead atoms. The number of thiophene rings is 1. The number of fused-ring (bicyclic) bond motifs is 4. The molecule has 0 radical (unpaired) electrons. The average Bonchev–Trinajstić information content (AvgIpc) is 4.07. The van der Waals surface area contributed by atoms with E-state index in [4.69, 9.17) is 4.74 Å². The molecule has 0 saturated heterocycles. The van der Waals surface area contributed by atoms with Gasteiger partial charge in [-0.1, -0.05) is 35.9 Å². The summed E-state index contributed by atoms with van der Waals surface area (Å²) in [6.07, 6.45) is 16.7. The minimum absolute atomic E-state index is 0.00274. The van der Waals surface area contributed by atoms with Crippen molar-refractivity contribution in [2.24, 2.45) is 5.41 Å². The van der Waals surface area contributed by atoms with E-state index >= 15 is 0 Å². The zero-order valence-electron chi connectivity index (χ0n) is 33.9. The first-order chi connectivity index (χ1) is 29.7. The van der Waals surface area contributed by atoms with E-state index < -0.39 is 0 Å². The summed E-state index contributed by atoms with van der Waals surface area (Å²) in [5.41, 5.74) is 25.3. The van der Waals surface area contributed by atoms with Gasteiger partial charge < -0.3 is 4.74 Å². The quantitative estimate of drug-likeness (QED) is 0.113. The van der Waals surface area contributed by atoms with Gasteiger partial charge in [0.2, 0.25) is 0 Å². The largest absolute Gasteiger partial charge is 0.465 e. The van der Waals surface area contributed by atoms with Crippen molar-refractivity contribution in [2.75, 3.05) is 6.61 Å². The van der Waals surface area contributed by atoms with Gasteiger partial charge in [-0.05, 0) is 250 Å². The van der Waals surface area contributed by atoms with Gasteiger partial charge >= 0.3 is 5.97 Å². The Morgan fingerprint density at radius 1 is 0.683 bits per heavy atom. The highest BCUT2D eigenvalue weighted by molar-refractivity contribution is 7.07. The molecule has 3 heteroatoms. The summed E-state index contributed by atoms with van der Waals surface area (Å²) in [6.45, 7) is 0.487. The lowest BCUT2D eigenvalue weighted by Gasteiger charge is -2.40. The Bertz CT molecular complexity index is 3510. The Morgan fingerprint density at radius 3 is 2.18 bits per heavy atom. The van der Waals surface area contributed by atoms with Crippen molar-refractivity contribution in [2.45, 2.75) is 136 Å². The summed E-state index contributed by atoms with van der Waals surface area (Å²) < 4.78 is 5.99. The molecule has 0 amide bonds. The second-order valence-electron chi connectivity index (χ2n) is 22.1. The van der Waals surface area contributed by atoms with Crippen molar-refractivity contribution >= 4 is 76.7 Å². The molecular weight excluding hydrogens is 749 g/mol. The molecule has 0 N–H and O–H groups in total. The molecule has 0 aliphatic heterocycles. The topological polar surface area (TPSA) is 26.3 Å². The van der Waals surface area contributed by atoms with Crippen LogP contribution in [0, 0.1) is 5.41 Å². The molecule has 60 heavy (non-hydrogen) atoms. The first-order valence-corrected chi connectivity index (χ1v) is 25.1. The normalized spacial score (nSPS) is 34.9. The number of ether oxygens (including phenoxy) is 1. The Hall–Kier alpha value is -4.47. The molecule has 7 aromatic carbocycles. The van der Waals surface area contributed by atoms with Gasteiger partial charge in [0.1, 0.15) is 0 Å². The third-order valence-corrected chi connectivity index (χ3v) is 22.1. The number of esters is 1. The van der Waals surface area contributed by atoms with Crippen LogP contribution in [0.15, 0.2) is 52.7 Å². The van der Waals surface area contributed by atoms with E-state index in [9.17, 15) is 4.79 Å². The highest BCUT2D eigenvalue weighted by Crippen LogP contribution is 2.98. The fourth-order valence-corrected chi connectivity index (χ4v) is 21.4. The van der Waals surface area contributed by atoms with Crippen LogP contribution in [0.4, 0.5) is 0 Å². The van der Waals surface area contributed by atoms with E-state index in [0.717, 1.165) is 25.2 Å². The summed E-state index contributed by atoms with van der Waals surface area (Å²) in [7, 11) is 0. The molecule has 8 aromatic rings. The molecule has 2 nitrogen and oxygen atoms in total. The number of hydrogen-bond donors (Lipinski definition) is 0. The van der Waals surface area contributed by atoms with Crippen LogP contribution < -0.4 is 0 Å². The second kappa shape index (κ2) is 9.03. The van der Waals surface area contributed by atoms with Gasteiger partial charge in [0.25, 0.3) is 0 Å². The summed E-state index contributed by atoms with van der Waals surface area (Å²) in [5.74, 6) is 4.05. The lowest BCUT2D eigenvalue weighted by molar-refractivity contribution is -0.143. The molecule has 11 aliphatic rings. The van der Waals surface area contributed by atoms with E-state index in [1.165, 1.54) is 69.8 Å². The molecule has 1 fully saturated rings. The predicted molar refractivity (Wildman–Crippen MR) is 240 cm³/mol. The molecule has 11 aliphatic carbocycles. The van der Waals surface area contributed by atoms with E-state index in [1.54, 1.807) is 76.3 Å². The monoisotopic (exact) mass is 792 g/mol. The van der Waals surface area contributed by atoms with Gasteiger partial charge in [-0.25, -0.2) is 0 Å². The smallest absolute Gasteiger partial charge is 0.305 e. The van der Waals surface area contributed by atoms with Crippen LogP contribution in [-0.2, 0) is 39.6 Å². The molecule has 9 atom stereocenters. The van der Waals surface area contributed by atoms with Crippen molar-refractivity contribution in [3.05, 3.63) is 119 Å². The van der Waals surface area contributed by atoms with Crippen LogP contribution in [0.2, 0.25) is 0 Å². The minimum Gasteiger partial charge on any atom is -0.465 e. The van der Waals surface area contributed by atoms with E-state index in [2.05, 4.69) is 47.2 Å². The predicted octanol–water partition coefficient (Wildman–Crippen LogP) is 13.6. The van der Waals surface area contributed by atoms with Crippen molar-refractivity contribution in [1.29, 1.82) is 0 Å². The van der Waals surface area contributed by atoms with Crippen molar-refractivity contribution in [3.63, 3.8) is 0 Å². The van der Waals surface area contributed by atoms with Gasteiger partial charge in [-0.15, -0.1) is 0 Å². The van der Waals surface area contributed by atoms with Crippen LogP contribution in [0.3, 0.4) is 0 Å². The Balaban J connectivity index is 0.953. The van der Waals surface area contributed by atoms with Crippen LogP contribution in [0.1, 0.15) is 173 Å². The molecule has 1 heterocycles. The highest BCUT2D eigenvalue weighted by Gasteiger charge is 2.94. The number of hydrogen-bond acceptors (Lipinski definition) is 3. The number of allylic oxidation sites excluding steroid dienone is 2. The highest BCUT2D eigenvalue weighted by atomic mass is 32.1. The molecule has 1 saturated carbocycles. The van der Waals surface area contributed by atoms with Crippen molar-refractivity contribution in [1.82, 2.24) is 0 Å². The van der Waals surface area contributed by atoms with Crippen LogP contribution in [0.5, 0.6) is 0 Å². The van der Waals surface area contributed by atoms with Crippen molar-refractivity contribution < 1.29 is 9.53 Å². The van der Waals surface area contributed by atoms with E-state index in [0.29, 0.717) is 42.6 Å². The summed E-state index contributed by atoms with van der Waals surface area (Å²) >= 11 is 1.72. The zero-order valence-corrected chi connectivity index (χ0v) is 34.7. The minimum atomic E-state index is -0.00786. The maximum atomic E-state index is 13.7. The maximum absolute atomic E-state index is 13.7. The molecule has 19 rings (SSSR count). The standard InChI is InChI=1S/C57H44O2S/c58-35(59-21-17-24-18-22-60-23-24)7-4-19-55(25-5-2-1-3-6-25)56-20-16-33-32-13-12-29-28-9-8-26-27-10-11-30-31-14-15-34(56)43-42(31)46-39(30)38(27)44-36(26)37(28)45-40(29)41(32)51-50-48(45)47(44)49(46)52(50)54(43)57(55,56)53(33)51/h1-3,5-6,18,22-23,28-32,34H,4,7-17,19-21H2. The van der Waals surface area contributed by atoms with Gasteiger partial charge in [-0.2, -0.15) is 11.3 Å². The van der Waals surface area contributed by atoms with Crippen LogP contribution in [0.25, 0.3) is 59.4 Å². The number of rotatable bonds is 8. The average molecular weight is 793 g/mol. The Labute approximate surface area is 352 Å². The van der Waals surface area contributed by atoms with Gasteiger partial charge in [-0.3, -0.25) is 4.79 Å². The second-order valence-corrected chi connectivity index (χ2v) is 22.8. The van der Waals surface area contributed by atoms with Crippen molar-refractivity contribution in [3.8, 4) is 0 Å². The fourth-order valence-electron chi connectivity index (χ4n) is 20.7. The number of carbonyl (C=O) groups excluding carboxylic acids is 1. The lowest BCUT2D eigenvalue weighted by atomic mass is 9.62. The molecule has 290 valence electrons. The molecule has 1 spiro atoms. The number of aryl methyl sites for hydroxylation is 2. The number of carbonyl (C=O) groups is 1.